The number of halogens is 1. The Morgan fingerprint density at radius 2 is 1.74 bits per heavy atom. The van der Waals surface area contributed by atoms with Gasteiger partial charge in [0.25, 0.3) is 0 Å². The van der Waals surface area contributed by atoms with Crippen LogP contribution in [0.2, 0.25) is 5.02 Å². The number of carbonyl (C=O) groups is 1. The zero-order chi connectivity index (χ0) is 36.2. The van der Waals surface area contributed by atoms with Gasteiger partial charge in [-0.2, -0.15) is 0 Å². The first kappa shape index (κ1) is 37.7. The summed E-state index contributed by atoms with van der Waals surface area (Å²) in [6.07, 6.45) is 1.58. The van der Waals surface area contributed by atoms with Crippen molar-refractivity contribution in [2.45, 2.75) is 91.4 Å². The summed E-state index contributed by atoms with van der Waals surface area (Å²) in [5.41, 5.74) is 6.45. The summed E-state index contributed by atoms with van der Waals surface area (Å²) >= 11 is 6.77. The average molecular weight is 704 g/mol. The van der Waals surface area contributed by atoms with E-state index in [4.69, 9.17) is 30.5 Å². The summed E-state index contributed by atoms with van der Waals surface area (Å²) in [6, 6.07) is 18.7. The third-order valence-electron chi connectivity index (χ3n) is 9.90. The van der Waals surface area contributed by atoms with Crippen molar-refractivity contribution in [3.63, 3.8) is 0 Å². The molecule has 2 aliphatic heterocycles. The maximum absolute atomic E-state index is 11.4. The molecule has 2 saturated heterocycles. The molecule has 0 radical (unpaired) electrons. The molecule has 0 aliphatic carbocycles. The smallest absolute Gasteiger partial charge is 0.341 e. The zero-order valence-electron chi connectivity index (χ0n) is 30.8. The second-order valence-corrected chi connectivity index (χ2v) is 15.9. The summed E-state index contributed by atoms with van der Waals surface area (Å²) in [5, 5.41) is 9.77. The molecule has 2 fully saturated rings. The first-order valence-corrected chi connectivity index (χ1v) is 18.2. The van der Waals surface area contributed by atoms with Crippen LogP contribution in [0.25, 0.3) is 0 Å². The van der Waals surface area contributed by atoms with Crippen LogP contribution in [0.4, 0.5) is 0 Å². The Kier molecular flexibility index (Phi) is 12.2. The van der Waals surface area contributed by atoms with Crippen molar-refractivity contribution in [1.29, 1.82) is 0 Å². The number of carboxylic acid groups (broad SMARTS) is 1. The molecule has 5 rings (SSSR count). The van der Waals surface area contributed by atoms with Crippen molar-refractivity contribution in [2.24, 2.45) is 11.8 Å². The molecule has 270 valence electrons. The maximum Gasteiger partial charge on any atom is 0.341 e. The van der Waals surface area contributed by atoms with Gasteiger partial charge in [-0.3, -0.25) is 4.90 Å². The number of benzene rings is 3. The molecular formula is C42H54ClNO6. The monoisotopic (exact) mass is 703 g/mol. The summed E-state index contributed by atoms with van der Waals surface area (Å²) < 4.78 is 24.7. The van der Waals surface area contributed by atoms with Crippen LogP contribution in [0.1, 0.15) is 94.2 Å². The largest absolute Gasteiger partial charge is 0.490 e. The number of hydrogen-bond acceptors (Lipinski definition) is 6. The lowest BCUT2D eigenvalue weighted by Crippen LogP contribution is -2.48. The van der Waals surface area contributed by atoms with E-state index < -0.39 is 12.6 Å². The molecule has 50 heavy (non-hydrogen) atoms. The number of aliphatic carboxylic acids is 1. The van der Waals surface area contributed by atoms with Gasteiger partial charge in [0.15, 0.2) is 6.61 Å². The van der Waals surface area contributed by atoms with Crippen molar-refractivity contribution in [3.05, 3.63) is 99.6 Å². The molecule has 0 amide bonds. The molecule has 1 N–H and O–H groups in total. The SMILES string of the molecule is C=C(C)[C@H]1C[C@@H]2CN(Cc3ccc(OCCOc4cc(C)cc(C(C)C)c4)cc3)CC[C@@H]2O[C@@H]1c1cc(C(C)(C)C)cc(Cl)c1OCC(=O)O. The Balaban J connectivity index is 1.19. The average Bonchev–Trinajstić information content (AvgIpc) is 3.05. The van der Waals surface area contributed by atoms with Crippen LogP contribution >= 0.6 is 11.6 Å². The Morgan fingerprint density at radius 1 is 1.04 bits per heavy atom. The highest BCUT2D eigenvalue weighted by molar-refractivity contribution is 6.32. The molecule has 2 aliphatic rings. The number of aryl methyl sites for hydroxylation is 1. The normalized spacial score (nSPS) is 21.1. The number of rotatable bonds is 13. The molecule has 0 spiro atoms. The maximum atomic E-state index is 11.4. The van der Waals surface area contributed by atoms with E-state index in [2.05, 4.69) is 96.3 Å². The minimum Gasteiger partial charge on any atom is -0.490 e. The van der Waals surface area contributed by atoms with Crippen molar-refractivity contribution in [1.82, 2.24) is 4.90 Å². The van der Waals surface area contributed by atoms with E-state index in [1.807, 2.05) is 18.2 Å². The van der Waals surface area contributed by atoms with Gasteiger partial charge in [-0.1, -0.05) is 76.6 Å². The third-order valence-corrected chi connectivity index (χ3v) is 10.2. The summed E-state index contributed by atoms with van der Waals surface area (Å²) in [7, 11) is 0. The predicted octanol–water partition coefficient (Wildman–Crippen LogP) is 9.53. The summed E-state index contributed by atoms with van der Waals surface area (Å²) in [4.78, 5) is 13.9. The second kappa shape index (κ2) is 16.2. The highest BCUT2D eigenvalue weighted by atomic mass is 35.5. The van der Waals surface area contributed by atoms with E-state index in [9.17, 15) is 9.90 Å². The number of nitrogens with zero attached hydrogens (tertiary/aromatic N) is 1. The van der Waals surface area contributed by atoms with Crippen LogP contribution in [0.5, 0.6) is 17.2 Å². The molecule has 2 heterocycles. The third kappa shape index (κ3) is 9.62. The Bertz CT molecular complexity index is 1650. The highest BCUT2D eigenvalue weighted by Gasteiger charge is 2.43. The van der Waals surface area contributed by atoms with E-state index in [1.165, 1.54) is 16.7 Å². The molecule has 3 aromatic rings. The number of piperidine rings is 1. The lowest BCUT2D eigenvalue weighted by Gasteiger charge is -2.47. The highest BCUT2D eigenvalue weighted by Crippen LogP contribution is 2.49. The van der Waals surface area contributed by atoms with Crippen molar-refractivity contribution in [2.75, 3.05) is 32.9 Å². The van der Waals surface area contributed by atoms with Gasteiger partial charge in [-0.15, -0.1) is 0 Å². The van der Waals surface area contributed by atoms with Crippen LogP contribution in [-0.2, 0) is 21.5 Å². The molecule has 0 aromatic heterocycles. The molecule has 4 atom stereocenters. The van der Waals surface area contributed by atoms with Gasteiger partial charge >= 0.3 is 5.97 Å². The lowest BCUT2D eigenvalue weighted by molar-refractivity contribution is -0.140. The fraction of sp³-hybridized carbons (Fsp3) is 0.500. The van der Waals surface area contributed by atoms with Crippen molar-refractivity contribution < 1.29 is 28.8 Å². The molecule has 7 nitrogen and oxygen atoms in total. The van der Waals surface area contributed by atoms with E-state index in [-0.39, 0.29) is 23.5 Å². The van der Waals surface area contributed by atoms with Gasteiger partial charge in [0.1, 0.15) is 30.5 Å². The van der Waals surface area contributed by atoms with E-state index in [0.717, 1.165) is 60.7 Å². The van der Waals surface area contributed by atoms with Crippen molar-refractivity contribution >= 4 is 17.6 Å². The quantitative estimate of drug-likeness (QED) is 0.140. The molecule has 0 unspecified atom stereocenters. The van der Waals surface area contributed by atoms with Gasteiger partial charge in [0, 0.05) is 31.1 Å². The van der Waals surface area contributed by atoms with E-state index in [1.54, 1.807) is 0 Å². The first-order chi connectivity index (χ1) is 23.7. The van der Waals surface area contributed by atoms with Gasteiger partial charge in [0.2, 0.25) is 0 Å². The van der Waals surface area contributed by atoms with Crippen LogP contribution in [-0.4, -0.2) is 55.0 Å². The first-order valence-electron chi connectivity index (χ1n) is 17.9. The fourth-order valence-electron chi connectivity index (χ4n) is 7.12. The minimum atomic E-state index is -1.05. The Hall–Kier alpha value is -3.52. The number of carboxylic acids is 1. The molecule has 0 bridgehead atoms. The fourth-order valence-corrected chi connectivity index (χ4v) is 7.41. The van der Waals surface area contributed by atoms with Crippen LogP contribution in [0, 0.1) is 18.8 Å². The summed E-state index contributed by atoms with van der Waals surface area (Å²) in [5.74, 6) is 1.91. The molecular weight excluding hydrogens is 650 g/mol. The molecule has 3 aromatic carbocycles. The van der Waals surface area contributed by atoms with Gasteiger partial charge in [-0.25, -0.2) is 4.79 Å². The standard InChI is InChI=1S/C42H54ClNO6/c1-26(2)30-17-28(5)18-34(19-30)48-16-15-47-33-11-9-29(10-12-33)23-44-14-13-38-31(24-44)20-35(27(3)4)40(50-38)36-21-32(42(6,7)8)22-37(43)41(36)49-25-39(45)46/h9-12,17-19,21-22,26,31,35,38,40H,3,13-16,20,23-25H2,1-2,4-8H3,(H,45,46)/t31-,35-,38+,40+/m1/s1. The molecule has 0 saturated carbocycles. The zero-order valence-corrected chi connectivity index (χ0v) is 31.5. The number of ether oxygens (including phenoxy) is 4. The van der Waals surface area contributed by atoms with Crippen molar-refractivity contribution in [3.8, 4) is 17.2 Å². The molecule has 8 heteroatoms. The van der Waals surface area contributed by atoms with E-state index >= 15 is 0 Å². The number of likely N-dealkylation sites (tertiary alicyclic amines) is 1. The number of hydrogen-bond donors (Lipinski definition) is 1. The topological polar surface area (TPSA) is 77.5 Å². The lowest BCUT2D eigenvalue weighted by atomic mass is 9.75. The minimum absolute atomic E-state index is 0.0400. The van der Waals surface area contributed by atoms with Crippen LogP contribution < -0.4 is 14.2 Å². The van der Waals surface area contributed by atoms with Crippen LogP contribution in [0.3, 0.4) is 0 Å². The van der Waals surface area contributed by atoms with Gasteiger partial charge < -0.3 is 24.1 Å². The van der Waals surface area contributed by atoms with E-state index in [0.29, 0.717) is 35.8 Å². The number of fused-ring (bicyclic) bond motifs is 1. The predicted molar refractivity (Wildman–Crippen MR) is 200 cm³/mol. The van der Waals surface area contributed by atoms with Gasteiger partial charge in [0.05, 0.1) is 17.2 Å². The second-order valence-electron chi connectivity index (χ2n) is 15.5. The Labute approximate surface area is 303 Å². The van der Waals surface area contributed by atoms with Gasteiger partial charge in [-0.05, 0) is 103 Å². The summed E-state index contributed by atoms with van der Waals surface area (Å²) in [6.45, 7) is 22.5. The van der Waals surface area contributed by atoms with Crippen LogP contribution in [0.15, 0.2) is 66.7 Å². The Morgan fingerprint density at radius 3 is 2.38 bits per heavy atom.